The number of carbonyl (C=O) groups excluding carboxylic acids is 2. The maximum Gasteiger partial charge on any atom is 0.338 e. The van der Waals surface area contributed by atoms with Gasteiger partial charge in [-0.2, -0.15) is 0 Å². The van der Waals surface area contributed by atoms with Crippen molar-refractivity contribution in [3.8, 4) is 11.4 Å². The number of rotatable bonds is 4. The third kappa shape index (κ3) is 3.82. The molecule has 1 heterocycles. The molecule has 0 atom stereocenters. The van der Waals surface area contributed by atoms with E-state index in [0.717, 1.165) is 17.1 Å². The Morgan fingerprint density at radius 2 is 1.74 bits per heavy atom. The Kier molecular flexibility index (Phi) is 4.94. The van der Waals surface area contributed by atoms with Crippen LogP contribution in [0.5, 0.6) is 5.75 Å². The van der Waals surface area contributed by atoms with Crippen molar-refractivity contribution in [2.45, 2.75) is 13.8 Å². The number of aromatic nitrogens is 2. The molecule has 0 bridgehead atoms. The maximum atomic E-state index is 12.5. The topological polar surface area (TPSA) is 93.5 Å². The summed E-state index contributed by atoms with van der Waals surface area (Å²) in [7, 11) is 1.23. The number of amides is 1. The van der Waals surface area contributed by atoms with Crippen molar-refractivity contribution in [3.63, 3.8) is 0 Å². The molecule has 0 aliphatic rings. The van der Waals surface area contributed by atoms with Crippen molar-refractivity contribution in [1.29, 1.82) is 0 Å². The first-order chi connectivity index (χ1) is 12.9. The molecule has 7 nitrogen and oxygen atoms in total. The summed E-state index contributed by atoms with van der Waals surface area (Å²) in [5.41, 5.74) is 3.77. The first-order valence-corrected chi connectivity index (χ1v) is 8.23. The number of ether oxygens (including phenoxy) is 1. The van der Waals surface area contributed by atoms with Gasteiger partial charge in [0.25, 0.3) is 5.91 Å². The van der Waals surface area contributed by atoms with Gasteiger partial charge in [0.05, 0.1) is 24.7 Å². The third-order valence-corrected chi connectivity index (χ3v) is 4.26. The number of nitrogens with one attached hydrogen (secondary N) is 1. The van der Waals surface area contributed by atoms with Crippen LogP contribution in [-0.4, -0.2) is 33.6 Å². The van der Waals surface area contributed by atoms with Gasteiger partial charge in [0.1, 0.15) is 5.75 Å². The van der Waals surface area contributed by atoms with Crippen LogP contribution in [0.4, 0.5) is 5.69 Å². The van der Waals surface area contributed by atoms with Gasteiger partial charge in [-0.15, -0.1) is 0 Å². The lowest BCUT2D eigenvalue weighted by atomic mass is 10.1. The van der Waals surface area contributed by atoms with Crippen LogP contribution in [0, 0.1) is 13.8 Å². The van der Waals surface area contributed by atoms with Crippen LogP contribution >= 0.6 is 0 Å². The molecule has 1 aromatic heterocycles. The molecule has 0 fully saturated rings. The van der Waals surface area contributed by atoms with E-state index in [1.807, 2.05) is 30.5 Å². The summed E-state index contributed by atoms with van der Waals surface area (Å²) in [6.45, 7) is 3.93. The maximum absolute atomic E-state index is 12.5. The van der Waals surface area contributed by atoms with Crippen molar-refractivity contribution in [3.05, 3.63) is 71.3 Å². The van der Waals surface area contributed by atoms with Crippen molar-refractivity contribution < 1.29 is 19.4 Å². The fraction of sp³-hybridized carbons (Fsp3) is 0.150. The minimum atomic E-state index is -0.629. The quantitative estimate of drug-likeness (QED) is 0.693. The second-order valence-corrected chi connectivity index (χ2v) is 6.05. The fourth-order valence-electron chi connectivity index (χ4n) is 2.65. The summed E-state index contributed by atoms with van der Waals surface area (Å²) in [6, 6.07) is 11.2. The summed E-state index contributed by atoms with van der Waals surface area (Å²) in [6.07, 6.45) is 1.75. The van der Waals surface area contributed by atoms with E-state index in [-0.39, 0.29) is 16.9 Å². The smallest absolute Gasteiger partial charge is 0.338 e. The van der Waals surface area contributed by atoms with Gasteiger partial charge in [-0.1, -0.05) is 0 Å². The Labute approximate surface area is 156 Å². The minimum Gasteiger partial charge on any atom is -0.508 e. The highest BCUT2D eigenvalue weighted by Crippen LogP contribution is 2.20. The second kappa shape index (κ2) is 7.33. The molecule has 0 saturated carbocycles. The Morgan fingerprint density at radius 1 is 1.07 bits per heavy atom. The normalized spacial score (nSPS) is 10.5. The first kappa shape index (κ1) is 18.2. The summed E-state index contributed by atoms with van der Waals surface area (Å²) >= 11 is 0. The van der Waals surface area contributed by atoms with Crippen LogP contribution in [0.3, 0.4) is 0 Å². The van der Waals surface area contributed by atoms with Crippen molar-refractivity contribution in [1.82, 2.24) is 9.55 Å². The molecule has 27 heavy (non-hydrogen) atoms. The van der Waals surface area contributed by atoms with Gasteiger partial charge in [0, 0.05) is 22.6 Å². The van der Waals surface area contributed by atoms with E-state index in [1.165, 1.54) is 25.3 Å². The van der Waals surface area contributed by atoms with Crippen molar-refractivity contribution in [2.75, 3.05) is 12.4 Å². The van der Waals surface area contributed by atoms with Gasteiger partial charge >= 0.3 is 5.97 Å². The monoisotopic (exact) mass is 365 g/mol. The first-order valence-electron chi connectivity index (χ1n) is 8.23. The molecular formula is C20H19N3O4. The number of esters is 1. The molecule has 2 N–H and O–H groups in total. The number of methoxy groups -OCH3 is 1. The predicted molar refractivity (Wildman–Crippen MR) is 100 cm³/mol. The van der Waals surface area contributed by atoms with Gasteiger partial charge in [-0.3, -0.25) is 4.79 Å². The number of imidazole rings is 1. The number of phenolic OH excluding ortho intramolecular Hbond substituents is 1. The molecule has 0 aliphatic carbocycles. The Balaban J connectivity index is 1.79. The van der Waals surface area contributed by atoms with E-state index in [0.29, 0.717) is 5.69 Å². The van der Waals surface area contributed by atoms with Crippen molar-refractivity contribution >= 4 is 17.6 Å². The number of aromatic hydroxyl groups is 1. The number of carbonyl (C=O) groups is 2. The number of hydrogen-bond donors (Lipinski definition) is 2. The zero-order valence-electron chi connectivity index (χ0n) is 15.2. The van der Waals surface area contributed by atoms with Gasteiger partial charge < -0.3 is 19.7 Å². The van der Waals surface area contributed by atoms with Crippen LogP contribution in [-0.2, 0) is 4.74 Å². The molecule has 3 rings (SSSR count). The molecule has 3 aromatic rings. The number of benzene rings is 2. The van der Waals surface area contributed by atoms with E-state index >= 15 is 0 Å². The van der Waals surface area contributed by atoms with Crippen LogP contribution in [0.15, 0.2) is 48.8 Å². The minimum absolute atomic E-state index is 0.101. The summed E-state index contributed by atoms with van der Waals surface area (Å²) < 4.78 is 6.58. The Morgan fingerprint density at radius 3 is 2.33 bits per heavy atom. The van der Waals surface area contributed by atoms with Crippen molar-refractivity contribution in [2.24, 2.45) is 0 Å². The molecule has 0 radical (unpaired) electrons. The number of aryl methyl sites for hydroxylation is 1. The Bertz CT molecular complexity index is 1010. The van der Waals surface area contributed by atoms with E-state index in [1.54, 1.807) is 18.5 Å². The highest BCUT2D eigenvalue weighted by molar-refractivity contribution is 6.06. The van der Waals surface area contributed by atoms with E-state index in [2.05, 4.69) is 15.0 Å². The second-order valence-electron chi connectivity index (χ2n) is 6.05. The van der Waals surface area contributed by atoms with Gasteiger partial charge in [-0.25, -0.2) is 9.78 Å². The molecule has 2 aromatic carbocycles. The van der Waals surface area contributed by atoms with E-state index in [9.17, 15) is 14.7 Å². The third-order valence-electron chi connectivity index (χ3n) is 4.26. The molecule has 0 aliphatic heterocycles. The number of nitrogens with zero attached hydrogens (tertiary/aromatic N) is 2. The number of anilines is 1. The Hall–Kier alpha value is -3.61. The van der Waals surface area contributed by atoms with Crippen LogP contribution in [0.1, 0.15) is 32.1 Å². The molecule has 1 amide bonds. The van der Waals surface area contributed by atoms with Crippen LogP contribution in [0.25, 0.3) is 5.69 Å². The SMILES string of the molecule is COC(=O)c1cc(O)cc(C(=O)Nc2ccc(-n3cnc(C)c3C)cc2)c1. The zero-order chi connectivity index (χ0) is 19.6. The summed E-state index contributed by atoms with van der Waals surface area (Å²) in [5, 5.41) is 12.5. The number of phenols is 1. The lowest BCUT2D eigenvalue weighted by Crippen LogP contribution is -2.13. The molecule has 0 spiro atoms. The molecular weight excluding hydrogens is 346 g/mol. The highest BCUT2D eigenvalue weighted by Gasteiger charge is 2.14. The average Bonchev–Trinajstić information content (AvgIpc) is 3.00. The molecule has 0 saturated heterocycles. The van der Waals surface area contributed by atoms with Crippen LogP contribution < -0.4 is 5.32 Å². The standard InChI is InChI=1S/C20H19N3O4/c1-12-13(2)23(11-21-12)17-6-4-16(5-7-17)22-19(25)14-8-15(20(26)27-3)10-18(24)9-14/h4-11,24H,1-3H3,(H,22,25). The van der Waals surface area contributed by atoms with Crippen LogP contribution in [0.2, 0.25) is 0 Å². The van der Waals surface area contributed by atoms with E-state index < -0.39 is 11.9 Å². The van der Waals surface area contributed by atoms with Gasteiger partial charge in [-0.05, 0) is 56.3 Å². The van der Waals surface area contributed by atoms with Gasteiger partial charge in [0.2, 0.25) is 0 Å². The zero-order valence-corrected chi connectivity index (χ0v) is 15.2. The predicted octanol–water partition coefficient (Wildman–Crippen LogP) is 3.23. The lowest BCUT2D eigenvalue weighted by molar-refractivity contribution is 0.0600. The molecule has 138 valence electrons. The summed E-state index contributed by atoms with van der Waals surface area (Å²) in [5.74, 6) is -1.27. The largest absolute Gasteiger partial charge is 0.508 e. The highest BCUT2D eigenvalue weighted by atomic mass is 16.5. The fourth-order valence-corrected chi connectivity index (χ4v) is 2.65. The molecule has 0 unspecified atom stereocenters. The van der Waals surface area contributed by atoms with E-state index in [4.69, 9.17) is 0 Å². The summed E-state index contributed by atoms with van der Waals surface area (Å²) in [4.78, 5) is 28.4. The van der Waals surface area contributed by atoms with Gasteiger partial charge in [0.15, 0.2) is 0 Å². The molecule has 7 heteroatoms. The average molecular weight is 365 g/mol. The lowest BCUT2D eigenvalue weighted by Gasteiger charge is -2.09. The number of hydrogen-bond acceptors (Lipinski definition) is 5.